The van der Waals surface area contributed by atoms with Crippen LogP contribution in [-0.2, 0) is 4.79 Å². The van der Waals surface area contributed by atoms with Crippen LogP contribution in [0.25, 0.3) is 0 Å². The van der Waals surface area contributed by atoms with Gasteiger partial charge in [-0.15, -0.1) is 5.10 Å². The predicted octanol–water partition coefficient (Wildman–Crippen LogP) is 1.62. The van der Waals surface area contributed by atoms with E-state index in [2.05, 4.69) is 29.3 Å². The van der Waals surface area contributed by atoms with Gasteiger partial charge in [0.1, 0.15) is 0 Å². The van der Waals surface area contributed by atoms with Crippen LogP contribution in [0.5, 0.6) is 0 Å². The number of benzene rings is 1. The van der Waals surface area contributed by atoms with Crippen LogP contribution < -0.4 is 0 Å². The molecule has 1 aromatic carbocycles. The molecule has 7 heteroatoms. The number of hydrogen-bond acceptors (Lipinski definition) is 5. The molecule has 3 heterocycles. The van der Waals surface area contributed by atoms with E-state index in [1.807, 2.05) is 40.9 Å². The zero-order valence-electron chi connectivity index (χ0n) is 17.2. The molecule has 1 aromatic heterocycles. The highest BCUT2D eigenvalue weighted by Gasteiger charge is 2.50. The monoisotopic (exact) mass is 393 g/mol. The summed E-state index contributed by atoms with van der Waals surface area (Å²) >= 11 is 0. The molecule has 2 aliphatic rings. The number of carbonyl (C=O) groups is 2. The number of likely N-dealkylation sites (N-methyl/N-ethyl adjacent to an activating group) is 1. The molecular formula is C22H27N5O2. The number of likely N-dealkylation sites (tertiary alicyclic amines) is 2. The molecule has 2 amide bonds. The number of aryl methyl sites for hydroxylation is 1. The fourth-order valence-corrected chi connectivity index (χ4v) is 4.72. The van der Waals surface area contributed by atoms with Gasteiger partial charge in [-0.1, -0.05) is 24.3 Å². The molecule has 0 radical (unpaired) electrons. The second kappa shape index (κ2) is 7.91. The molecule has 0 saturated carbocycles. The Balaban J connectivity index is 1.61. The summed E-state index contributed by atoms with van der Waals surface area (Å²) < 4.78 is 0. The topological polar surface area (TPSA) is 69.6 Å². The van der Waals surface area contributed by atoms with E-state index in [4.69, 9.17) is 0 Å². The molecule has 0 N–H and O–H groups in total. The number of hydrogen-bond donors (Lipinski definition) is 0. The van der Waals surface area contributed by atoms with Crippen LogP contribution in [0.3, 0.4) is 0 Å². The Hall–Kier alpha value is -2.80. The van der Waals surface area contributed by atoms with Gasteiger partial charge in [-0.25, -0.2) is 0 Å². The normalized spacial score (nSPS) is 23.5. The second-order valence-electron chi connectivity index (χ2n) is 8.33. The van der Waals surface area contributed by atoms with Crippen molar-refractivity contribution in [1.29, 1.82) is 0 Å². The van der Waals surface area contributed by atoms with Crippen LogP contribution in [0, 0.1) is 18.8 Å². The summed E-state index contributed by atoms with van der Waals surface area (Å²) in [5.74, 6) is 0.556. The van der Waals surface area contributed by atoms with Gasteiger partial charge in [-0.05, 0) is 44.3 Å². The molecule has 0 unspecified atom stereocenters. The lowest BCUT2D eigenvalue weighted by molar-refractivity contribution is -0.133. The third kappa shape index (κ3) is 3.74. The number of aromatic nitrogens is 2. The van der Waals surface area contributed by atoms with Gasteiger partial charge in [-0.2, -0.15) is 5.10 Å². The van der Waals surface area contributed by atoms with Gasteiger partial charge in [0.15, 0.2) is 5.69 Å². The van der Waals surface area contributed by atoms with Crippen molar-refractivity contribution in [3.05, 3.63) is 59.4 Å². The van der Waals surface area contributed by atoms with Crippen molar-refractivity contribution in [3.63, 3.8) is 0 Å². The van der Waals surface area contributed by atoms with E-state index < -0.39 is 0 Å². The van der Waals surface area contributed by atoms with E-state index in [9.17, 15) is 9.59 Å². The van der Waals surface area contributed by atoms with Crippen LogP contribution in [-0.4, -0.2) is 77.0 Å². The van der Waals surface area contributed by atoms with Gasteiger partial charge < -0.3 is 14.7 Å². The first kappa shape index (κ1) is 19.5. The molecule has 3 atom stereocenters. The van der Waals surface area contributed by atoms with Crippen molar-refractivity contribution >= 4 is 11.8 Å². The lowest BCUT2D eigenvalue weighted by Crippen LogP contribution is -2.41. The maximum Gasteiger partial charge on any atom is 0.274 e. The first-order valence-corrected chi connectivity index (χ1v) is 10.0. The lowest BCUT2D eigenvalue weighted by Gasteiger charge is -2.31. The van der Waals surface area contributed by atoms with Crippen LogP contribution in [0.4, 0.5) is 0 Å². The fourth-order valence-electron chi connectivity index (χ4n) is 4.72. The summed E-state index contributed by atoms with van der Waals surface area (Å²) in [5, 5.41) is 7.80. The van der Waals surface area contributed by atoms with Crippen molar-refractivity contribution < 1.29 is 9.59 Å². The van der Waals surface area contributed by atoms with E-state index in [1.165, 1.54) is 11.1 Å². The van der Waals surface area contributed by atoms with Gasteiger partial charge in [0.05, 0.1) is 12.6 Å². The summed E-state index contributed by atoms with van der Waals surface area (Å²) in [4.78, 5) is 31.7. The standard InChI is InChI=1S/C22H27N5O2/c1-15-7-4-5-8-17(15)21-18-13-26(22(29)19-9-6-10-23-24-19)11-16(18)12-27(21)20(28)14-25(2)3/h4-10,16,18,21H,11-14H2,1-3H3/t16-,18-,21+/m1/s1. The molecule has 0 aliphatic carbocycles. The van der Waals surface area contributed by atoms with E-state index in [0.717, 1.165) is 0 Å². The predicted molar refractivity (Wildman–Crippen MR) is 109 cm³/mol. The SMILES string of the molecule is Cc1ccccc1[C@H]1[C@@H]2CN(C(=O)c3cccnn3)C[C@@H]2CN1C(=O)CN(C)C. The lowest BCUT2D eigenvalue weighted by atomic mass is 9.87. The fraction of sp³-hybridized carbons (Fsp3) is 0.455. The number of fused-ring (bicyclic) bond motifs is 1. The van der Waals surface area contributed by atoms with Gasteiger partial charge >= 0.3 is 0 Å². The van der Waals surface area contributed by atoms with Crippen molar-refractivity contribution in [1.82, 2.24) is 24.9 Å². The Bertz CT molecular complexity index is 901. The Kier molecular flexibility index (Phi) is 5.32. The van der Waals surface area contributed by atoms with Crippen LogP contribution >= 0.6 is 0 Å². The van der Waals surface area contributed by atoms with Crippen molar-refractivity contribution in [3.8, 4) is 0 Å². The summed E-state index contributed by atoms with van der Waals surface area (Å²) in [5.41, 5.74) is 2.74. The number of amides is 2. The third-order valence-corrected chi connectivity index (χ3v) is 6.02. The maximum absolute atomic E-state index is 13.0. The number of nitrogens with zero attached hydrogens (tertiary/aromatic N) is 5. The number of rotatable bonds is 4. The molecule has 2 aliphatic heterocycles. The van der Waals surface area contributed by atoms with Crippen LogP contribution in [0.2, 0.25) is 0 Å². The van der Waals surface area contributed by atoms with Crippen LogP contribution in [0.1, 0.15) is 27.7 Å². The zero-order chi connectivity index (χ0) is 20.5. The first-order valence-electron chi connectivity index (χ1n) is 10.0. The van der Waals surface area contributed by atoms with E-state index >= 15 is 0 Å². The summed E-state index contributed by atoms with van der Waals surface area (Å²) in [7, 11) is 3.83. The molecule has 2 saturated heterocycles. The van der Waals surface area contributed by atoms with Gasteiger partial charge in [0.2, 0.25) is 5.91 Å². The smallest absolute Gasteiger partial charge is 0.274 e. The highest BCUT2D eigenvalue weighted by molar-refractivity contribution is 5.92. The molecule has 0 spiro atoms. The summed E-state index contributed by atoms with van der Waals surface area (Å²) in [6.07, 6.45) is 1.57. The molecule has 29 heavy (non-hydrogen) atoms. The minimum absolute atomic E-state index is 0.00620. The Labute approximate surface area is 171 Å². The molecule has 4 rings (SSSR count). The van der Waals surface area contributed by atoms with Crippen molar-refractivity contribution in [2.75, 3.05) is 40.3 Å². The molecular weight excluding hydrogens is 366 g/mol. The van der Waals surface area contributed by atoms with Gasteiger partial charge in [0, 0.05) is 37.7 Å². The number of carbonyl (C=O) groups excluding carboxylic acids is 2. The molecule has 0 bridgehead atoms. The molecule has 152 valence electrons. The Morgan fingerprint density at radius 3 is 2.59 bits per heavy atom. The van der Waals surface area contributed by atoms with E-state index in [1.54, 1.807) is 18.3 Å². The van der Waals surface area contributed by atoms with E-state index in [0.29, 0.717) is 31.9 Å². The average Bonchev–Trinajstić information content (AvgIpc) is 3.26. The van der Waals surface area contributed by atoms with Crippen molar-refractivity contribution in [2.45, 2.75) is 13.0 Å². The van der Waals surface area contributed by atoms with Gasteiger partial charge in [0.25, 0.3) is 5.91 Å². The summed E-state index contributed by atoms with van der Waals surface area (Å²) in [6, 6.07) is 11.7. The largest absolute Gasteiger partial charge is 0.337 e. The zero-order valence-corrected chi connectivity index (χ0v) is 17.2. The third-order valence-electron chi connectivity index (χ3n) is 6.02. The molecule has 7 nitrogen and oxygen atoms in total. The average molecular weight is 393 g/mol. The Morgan fingerprint density at radius 2 is 1.90 bits per heavy atom. The van der Waals surface area contributed by atoms with Crippen LogP contribution in [0.15, 0.2) is 42.6 Å². The summed E-state index contributed by atoms with van der Waals surface area (Å²) in [6.45, 7) is 4.44. The minimum Gasteiger partial charge on any atom is -0.337 e. The van der Waals surface area contributed by atoms with Gasteiger partial charge in [-0.3, -0.25) is 9.59 Å². The maximum atomic E-state index is 13.0. The highest BCUT2D eigenvalue weighted by atomic mass is 16.2. The molecule has 2 fully saturated rings. The quantitative estimate of drug-likeness (QED) is 0.790. The first-order chi connectivity index (χ1) is 14.0. The minimum atomic E-state index is -0.0813. The highest BCUT2D eigenvalue weighted by Crippen LogP contribution is 2.46. The second-order valence-corrected chi connectivity index (χ2v) is 8.33. The van der Waals surface area contributed by atoms with E-state index in [-0.39, 0.29) is 29.7 Å². The Morgan fingerprint density at radius 1 is 1.10 bits per heavy atom. The molecule has 2 aromatic rings. The van der Waals surface area contributed by atoms with Crippen molar-refractivity contribution in [2.24, 2.45) is 11.8 Å².